The summed E-state index contributed by atoms with van der Waals surface area (Å²) in [4.78, 5) is 0. The first-order valence-electron chi connectivity index (χ1n) is 11.3. The van der Waals surface area contributed by atoms with E-state index in [4.69, 9.17) is 14.2 Å². The molecule has 4 aliphatic rings. The van der Waals surface area contributed by atoms with Crippen molar-refractivity contribution in [1.82, 2.24) is 0 Å². The van der Waals surface area contributed by atoms with Gasteiger partial charge in [0.2, 0.25) is 0 Å². The molecule has 1 aliphatic carbocycles. The lowest BCUT2D eigenvalue weighted by Crippen LogP contribution is -2.62. The van der Waals surface area contributed by atoms with E-state index in [9.17, 15) is 0 Å². The van der Waals surface area contributed by atoms with E-state index in [1.54, 1.807) is 0 Å². The van der Waals surface area contributed by atoms with Gasteiger partial charge in [0.25, 0.3) is 5.97 Å². The van der Waals surface area contributed by atoms with Crippen LogP contribution in [-0.2, 0) is 14.2 Å². The van der Waals surface area contributed by atoms with Gasteiger partial charge in [0.05, 0.1) is 18.3 Å². The number of hydrogen-bond donors (Lipinski definition) is 0. The molecule has 4 rings (SSSR count). The van der Waals surface area contributed by atoms with Crippen molar-refractivity contribution in [3.8, 4) is 0 Å². The molecule has 0 aromatic heterocycles. The summed E-state index contributed by atoms with van der Waals surface area (Å²) in [7, 11) is 0. The highest BCUT2D eigenvalue weighted by molar-refractivity contribution is 4.91. The molecule has 0 spiro atoms. The molecule has 0 radical (unpaired) electrons. The monoisotopic (exact) mass is 352 g/mol. The van der Waals surface area contributed by atoms with Crippen molar-refractivity contribution in [2.75, 3.05) is 0 Å². The van der Waals surface area contributed by atoms with Gasteiger partial charge >= 0.3 is 0 Å². The molecular formula is C22H40O3. The van der Waals surface area contributed by atoms with Crippen LogP contribution in [0.25, 0.3) is 0 Å². The first-order chi connectivity index (χ1) is 12.3. The quantitative estimate of drug-likeness (QED) is 0.334. The van der Waals surface area contributed by atoms with E-state index in [-0.39, 0.29) is 0 Å². The second-order valence-electron chi connectivity index (χ2n) is 8.60. The van der Waals surface area contributed by atoms with Crippen molar-refractivity contribution in [3.05, 3.63) is 0 Å². The molecule has 25 heavy (non-hydrogen) atoms. The fraction of sp³-hybridized carbons (Fsp3) is 1.00. The Morgan fingerprint density at radius 1 is 0.560 bits per heavy atom. The Labute approximate surface area is 155 Å². The van der Waals surface area contributed by atoms with Crippen LogP contribution in [0.2, 0.25) is 0 Å². The van der Waals surface area contributed by atoms with Gasteiger partial charge < -0.3 is 14.2 Å². The van der Waals surface area contributed by atoms with Gasteiger partial charge in [-0.1, -0.05) is 84.0 Å². The molecule has 0 atom stereocenters. The molecule has 3 saturated heterocycles. The maximum absolute atomic E-state index is 6.07. The lowest BCUT2D eigenvalue weighted by atomic mass is 9.88. The minimum atomic E-state index is -0.660. The summed E-state index contributed by atoms with van der Waals surface area (Å²) in [6.07, 6.45) is 23.4. The van der Waals surface area contributed by atoms with Gasteiger partial charge in [-0.2, -0.15) is 0 Å². The Hall–Kier alpha value is -0.120. The fourth-order valence-corrected chi connectivity index (χ4v) is 4.84. The Morgan fingerprint density at radius 2 is 0.920 bits per heavy atom. The van der Waals surface area contributed by atoms with Gasteiger partial charge in [0.15, 0.2) is 0 Å². The summed E-state index contributed by atoms with van der Waals surface area (Å²) >= 11 is 0. The van der Waals surface area contributed by atoms with E-state index in [2.05, 4.69) is 6.92 Å². The first kappa shape index (κ1) is 19.6. The van der Waals surface area contributed by atoms with Gasteiger partial charge in [-0.15, -0.1) is 0 Å². The second-order valence-corrected chi connectivity index (χ2v) is 8.60. The lowest BCUT2D eigenvalue weighted by Gasteiger charge is -2.55. The molecule has 0 amide bonds. The number of hydrogen-bond acceptors (Lipinski definition) is 3. The van der Waals surface area contributed by atoms with E-state index in [0.29, 0.717) is 18.3 Å². The number of unbranched alkanes of at least 4 members (excludes halogenated alkanes) is 12. The molecule has 0 aromatic rings. The Kier molecular flexibility index (Phi) is 8.07. The Bertz CT molecular complexity index is 333. The van der Waals surface area contributed by atoms with Gasteiger partial charge in [-0.3, -0.25) is 0 Å². The van der Waals surface area contributed by atoms with Crippen LogP contribution in [0.15, 0.2) is 0 Å². The molecule has 3 aliphatic heterocycles. The number of rotatable bonds is 14. The predicted molar refractivity (Wildman–Crippen MR) is 102 cm³/mol. The van der Waals surface area contributed by atoms with Crippen molar-refractivity contribution in [1.29, 1.82) is 0 Å². The van der Waals surface area contributed by atoms with Gasteiger partial charge in [-0.05, 0) is 6.42 Å². The fourth-order valence-electron chi connectivity index (χ4n) is 4.84. The summed E-state index contributed by atoms with van der Waals surface area (Å²) in [5.41, 5.74) is 0. The van der Waals surface area contributed by atoms with Crippen LogP contribution in [-0.4, -0.2) is 24.3 Å². The van der Waals surface area contributed by atoms with Crippen molar-refractivity contribution >= 4 is 0 Å². The third-order valence-electron chi connectivity index (χ3n) is 6.20. The Balaban J connectivity index is 1.13. The topological polar surface area (TPSA) is 27.7 Å². The molecule has 3 heteroatoms. The molecule has 0 N–H and O–H groups in total. The zero-order chi connectivity index (χ0) is 17.4. The number of ether oxygens (including phenoxy) is 3. The smallest absolute Gasteiger partial charge is 0.283 e. The average Bonchev–Trinajstić information content (AvgIpc) is 2.58. The highest BCUT2D eigenvalue weighted by Crippen LogP contribution is 2.46. The standard InChI is InChI=1S/C22H40O3/c1-2-3-4-5-6-7-8-9-10-11-12-13-14-15-22-23-19-16-20(24-22)18-21(17-19)25-22/h19-21H,2-18H2,1H3. The minimum absolute atomic E-state index is 0.397. The van der Waals surface area contributed by atoms with Crippen LogP contribution >= 0.6 is 0 Å². The molecular weight excluding hydrogens is 312 g/mol. The largest absolute Gasteiger partial charge is 0.324 e. The zero-order valence-corrected chi connectivity index (χ0v) is 16.5. The highest BCUT2D eigenvalue weighted by Gasteiger charge is 2.54. The van der Waals surface area contributed by atoms with Crippen molar-refractivity contribution in [2.24, 2.45) is 0 Å². The summed E-state index contributed by atoms with van der Waals surface area (Å²) in [6, 6.07) is 0. The van der Waals surface area contributed by atoms with Crippen LogP contribution in [0.1, 0.15) is 116 Å². The van der Waals surface area contributed by atoms with Crippen LogP contribution in [0.4, 0.5) is 0 Å². The van der Waals surface area contributed by atoms with Gasteiger partial charge in [0, 0.05) is 25.7 Å². The van der Waals surface area contributed by atoms with Crippen LogP contribution in [0.3, 0.4) is 0 Å². The summed E-state index contributed by atoms with van der Waals surface area (Å²) in [5.74, 6) is -0.660. The molecule has 1 saturated carbocycles. The summed E-state index contributed by atoms with van der Waals surface area (Å²) in [5, 5.41) is 0. The van der Waals surface area contributed by atoms with Gasteiger partial charge in [-0.25, -0.2) is 0 Å². The molecule has 146 valence electrons. The van der Waals surface area contributed by atoms with Crippen LogP contribution in [0.5, 0.6) is 0 Å². The third kappa shape index (κ3) is 6.22. The third-order valence-corrected chi connectivity index (χ3v) is 6.20. The lowest BCUT2D eigenvalue weighted by molar-refractivity contribution is -0.495. The molecule has 4 bridgehead atoms. The maximum atomic E-state index is 6.07. The predicted octanol–water partition coefficient (Wildman–Crippen LogP) is 6.49. The van der Waals surface area contributed by atoms with Gasteiger partial charge in [0.1, 0.15) is 0 Å². The van der Waals surface area contributed by atoms with Crippen molar-refractivity contribution < 1.29 is 14.2 Å². The molecule has 3 nitrogen and oxygen atoms in total. The van der Waals surface area contributed by atoms with E-state index < -0.39 is 5.97 Å². The molecule has 4 fully saturated rings. The average molecular weight is 353 g/mol. The SMILES string of the molecule is CCCCCCCCCCCCCCCC12OC3CC(CC(C3)O1)O2. The van der Waals surface area contributed by atoms with E-state index >= 15 is 0 Å². The van der Waals surface area contributed by atoms with Crippen LogP contribution in [0, 0.1) is 0 Å². The van der Waals surface area contributed by atoms with Crippen molar-refractivity contribution in [2.45, 2.75) is 140 Å². The maximum Gasteiger partial charge on any atom is 0.283 e. The van der Waals surface area contributed by atoms with Crippen LogP contribution < -0.4 is 0 Å². The molecule has 3 heterocycles. The summed E-state index contributed by atoms with van der Waals surface area (Å²) in [6.45, 7) is 2.29. The Morgan fingerprint density at radius 3 is 1.32 bits per heavy atom. The van der Waals surface area contributed by atoms with Crippen molar-refractivity contribution in [3.63, 3.8) is 0 Å². The summed E-state index contributed by atoms with van der Waals surface area (Å²) < 4.78 is 18.2. The van der Waals surface area contributed by atoms with E-state index in [0.717, 1.165) is 25.7 Å². The van der Waals surface area contributed by atoms with E-state index in [1.165, 1.54) is 83.5 Å². The molecule has 0 aromatic carbocycles. The second kappa shape index (κ2) is 10.3. The molecule has 0 unspecified atom stereocenters. The first-order valence-corrected chi connectivity index (χ1v) is 11.3. The van der Waals surface area contributed by atoms with E-state index in [1.807, 2.05) is 0 Å². The minimum Gasteiger partial charge on any atom is -0.324 e. The zero-order valence-electron chi connectivity index (χ0n) is 16.5. The normalized spacial score (nSPS) is 33.2. The highest BCUT2D eigenvalue weighted by atomic mass is 16.9.